The molecule has 0 radical (unpaired) electrons. The van der Waals surface area contributed by atoms with Crippen LogP contribution in [0.4, 0.5) is 0 Å². The van der Waals surface area contributed by atoms with E-state index >= 15 is 0 Å². The summed E-state index contributed by atoms with van der Waals surface area (Å²) in [5.74, 6) is 0.791. The molecule has 0 aliphatic rings. The molecule has 2 aromatic heterocycles. The molecule has 188 valence electrons. The smallest absolute Gasteiger partial charge is 0.189 e. The summed E-state index contributed by atoms with van der Waals surface area (Å²) in [5, 5.41) is 11.3. The van der Waals surface area contributed by atoms with Crippen LogP contribution >= 0.6 is 11.8 Å². The summed E-state index contributed by atoms with van der Waals surface area (Å²) in [4.78, 5) is 11.9. The number of benzene rings is 1. The Balaban J connectivity index is 1.92. The van der Waals surface area contributed by atoms with Crippen LogP contribution in [0.2, 0.25) is 25.7 Å². The number of hydrogen-bond acceptors (Lipinski definition) is 7. The maximum absolute atomic E-state index is 9.91. The zero-order valence-corrected chi connectivity index (χ0v) is 23.6. The fraction of sp³-hybridized carbons (Fsp3) is 0.500. The normalized spacial score (nSPS) is 11.8. The van der Waals surface area contributed by atoms with Crippen molar-refractivity contribution in [3.05, 3.63) is 36.0 Å². The number of aromatic nitrogens is 3. The van der Waals surface area contributed by atoms with E-state index in [0.29, 0.717) is 30.7 Å². The fourth-order valence-electron chi connectivity index (χ4n) is 3.76. The van der Waals surface area contributed by atoms with Gasteiger partial charge in [0.15, 0.2) is 5.16 Å². The van der Waals surface area contributed by atoms with E-state index in [0.717, 1.165) is 53.7 Å². The monoisotopic (exact) mass is 511 g/mol. The Bertz CT molecular complexity index is 1160. The minimum atomic E-state index is -1.17. The Labute approximate surface area is 214 Å². The summed E-state index contributed by atoms with van der Waals surface area (Å²) in [6.07, 6.45) is 3.78. The Kier molecular flexibility index (Phi) is 9.75. The van der Waals surface area contributed by atoms with Crippen LogP contribution in [0.3, 0.4) is 0 Å². The molecule has 9 heteroatoms. The Morgan fingerprint density at radius 2 is 1.91 bits per heavy atom. The van der Waals surface area contributed by atoms with Gasteiger partial charge in [0.05, 0.1) is 16.6 Å². The zero-order chi connectivity index (χ0) is 25.4. The largest absolute Gasteiger partial charge is 0.492 e. The van der Waals surface area contributed by atoms with E-state index in [1.54, 1.807) is 0 Å². The minimum Gasteiger partial charge on any atom is -0.492 e. The van der Waals surface area contributed by atoms with Gasteiger partial charge >= 0.3 is 0 Å². The van der Waals surface area contributed by atoms with Gasteiger partial charge in [0.2, 0.25) is 0 Å². The van der Waals surface area contributed by atoms with Crippen molar-refractivity contribution in [1.82, 2.24) is 19.4 Å². The molecule has 1 aromatic carbocycles. The third-order valence-corrected chi connectivity index (χ3v) is 8.16. The van der Waals surface area contributed by atoms with E-state index in [1.807, 2.05) is 41.3 Å². The number of nitrogens with zero attached hydrogens (tertiary/aromatic N) is 5. The maximum atomic E-state index is 9.91. The van der Waals surface area contributed by atoms with Crippen LogP contribution in [-0.4, -0.2) is 66.6 Å². The molecule has 0 atom stereocenters. The summed E-state index contributed by atoms with van der Waals surface area (Å²) in [6.45, 7) is 15.9. The first-order valence-corrected chi connectivity index (χ1v) is 17.1. The number of nitriles is 1. The quantitative estimate of drug-likeness (QED) is 0.126. The number of ether oxygens (including phenoxy) is 2. The Morgan fingerprint density at radius 1 is 1.14 bits per heavy atom. The van der Waals surface area contributed by atoms with E-state index in [4.69, 9.17) is 19.4 Å². The highest BCUT2D eigenvalue weighted by atomic mass is 32.2. The van der Waals surface area contributed by atoms with Gasteiger partial charge in [0.1, 0.15) is 30.8 Å². The van der Waals surface area contributed by atoms with Crippen LogP contribution in [0, 0.1) is 11.3 Å². The van der Waals surface area contributed by atoms with Crippen LogP contribution in [-0.2, 0) is 11.5 Å². The predicted octanol–water partition coefficient (Wildman–Crippen LogP) is 5.72. The van der Waals surface area contributed by atoms with Gasteiger partial charge < -0.3 is 18.9 Å². The molecule has 0 saturated carbocycles. The lowest BCUT2D eigenvalue weighted by molar-refractivity contribution is 0.0898. The molecule has 0 amide bonds. The average molecular weight is 512 g/mol. The molecule has 3 rings (SSSR count). The first-order valence-electron chi connectivity index (χ1n) is 12.2. The number of hydrogen-bond donors (Lipinski definition) is 0. The molecule has 0 spiro atoms. The number of likely N-dealkylation sites (N-methyl/N-ethyl adjacent to an activating group) is 1. The van der Waals surface area contributed by atoms with E-state index in [-0.39, 0.29) is 0 Å². The summed E-state index contributed by atoms with van der Waals surface area (Å²) >= 11 is 1.49. The molecule has 0 saturated heterocycles. The molecule has 2 heterocycles. The molecule has 7 nitrogen and oxygen atoms in total. The molecule has 0 fully saturated rings. The van der Waals surface area contributed by atoms with Gasteiger partial charge in [-0.05, 0) is 37.5 Å². The summed E-state index contributed by atoms with van der Waals surface area (Å²) in [6, 6.07) is 11.4. The predicted molar refractivity (Wildman–Crippen MR) is 147 cm³/mol. The standard InChI is InChI=1S/C26H37N5O2SSi/c1-7-30(8-2)12-13-33-22-11-9-10-20(16-22)24-23-21(17-27)18-31(19-32-14-15-35(4,5)6)25(23)29-26(28-24)34-3/h9-11,16,18H,7-8,12-15,19H2,1-6H3. The van der Waals surface area contributed by atoms with Crippen molar-refractivity contribution < 1.29 is 9.47 Å². The highest BCUT2D eigenvalue weighted by Gasteiger charge is 2.19. The topological polar surface area (TPSA) is 76.2 Å². The van der Waals surface area contributed by atoms with Gasteiger partial charge in [-0.25, -0.2) is 9.97 Å². The van der Waals surface area contributed by atoms with Gasteiger partial charge in [-0.2, -0.15) is 5.26 Å². The zero-order valence-electron chi connectivity index (χ0n) is 21.8. The van der Waals surface area contributed by atoms with Crippen LogP contribution in [0.5, 0.6) is 5.75 Å². The number of thioether (sulfide) groups is 1. The molecule has 3 aromatic rings. The second-order valence-electron chi connectivity index (χ2n) is 9.63. The molecule has 0 aliphatic heterocycles. The van der Waals surface area contributed by atoms with Crippen molar-refractivity contribution in [2.45, 2.75) is 51.4 Å². The average Bonchev–Trinajstić information content (AvgIpc) is 3.21. The lowest BCUT2D eigenvalue weighted by atomic mass is 10.1. The molecule has 0 unspecified atom stereocenters. The number of fused-ring (bicyclic) bond motifs is 1. The SMILES string of the molecule is CCN(CC)CCOc1cccc(-c2nc(SC)nc3c2c(C#N)cn3COCC[Si](C)(C)C)c1. The van der Waals surface area contributed by atoms with Gasteiger partial charge in [-0.3, -0.25) is 0 Å². The molecule has 35 heavy (non-hydrogen) atoms. The molecule has 0 bridgehead atoms. The Hall–Kier alpha value is -2.38. The second kappa shape index (κ2) is 12.5. The van der Waals surface area contributed by atoms with Crippen LogP contribution < -0.4 is 4.74 Å². The number of rotatable bonds is 13. The van der Waals surface area contributed by atoms with E-state index in [9.17, 15) is 5.26 Å². The van der Waals surface area contributed by atoms with Crippen LogP contribution in [0.15, 0.2) is 35.6 Å². The van der Waals surface area contributed by atoms with Gasteiger partial charge in [0, 0.05) is 33.0 Å². The summed E-state index contributed by atoms with van der Waals surface area (Å²) in [7, 11) is -1.17. The van der Waals surface area contributed by atoms with E-state index < -0.39 is 8.07 Å². The van der Waals surface area contributed by atoms with Crippen molar-refractivity contribution in [2.75, 3.05) is 39.1 Å². The third-order valence-electron chi connectivity index (χ3n) is 5.90. The van der Waals surface area contributed by atoms with Crippen molar-refractivity contribution in [3.8, 4) is 23.1 Å². The van der Waals surface area contributed by atoms with Crippen molar-refractivity contribution in [3.63, 3.8) is 0 Å². The lowest BCUT2D eigenvalue weighted by Crippen LogP contribution is -2.27. The molecule has 0 aliphatic carbocycles. The van der Waals surface area contributed by atoms with Gasteiger partial charge in [0.25, 0.3) is 0 Å². The summed E-state index contributed by atoms with van der Waals surface area (Å²) in [5.41, 5.74) is 2.91. The van der Waals surface area contributed by atoms with Crippen molar-refractivity contribution in [2.24, 2.45) is 0 Å². The van der Waals surface area contributed by atoms with Gasteiger partial charge in [-0.1, -0.05) is 57.4 Å². The lowest BCUT2D eigenvalue weighted by Gasteiger charge is -2.18. The molecular weight excluding hydrogens is 474 g/mol. The molecular formula is C26H37N5O2SSi. The maximum Gasteiger partial charge on any atom is 0.189 e. The highest BCUT2D eigenvalue weighted by molar-refractivity contribution is 7.98. The van der Waals surface area contributed by atoms with Crippen molar-refractivity contribution in [1.29, 1.82) is 5.26 Å². The van der Waals surface area contributed by atoms with E-state index in [1.165, 1.54) is 11.8 Å². The molecule has 0 N–H and O–H groups in total. The van der Waals surface area contributed by atoms with Gasteiger partial charge in [-0.15, -0.1) is 0 Å². The minimum absolute atomic E-state index is 0.363. The van der Waals surface area contributed by atoms with Crippen molar-refractivity contribution >= 4 is 30.9 Å². The van der Waals surface area contributed by atoms with Crippen LogP contribution in [0.25, 0.3) is 22.3 Å². The third kappa shape index (κ3) is 7.30. The second-order valence-corrected chi connectivity index (χ2v) is 16.0. The highest BCUT2D eigenvalue weighted by Crippen LogP contribution is 2.33. The first kappa shape index (κ1) is 27.2. The van der Waals surface area contributed by atoms with Crippen LogP contribution in [0.1, 0.15) is 19.4 Å². The van der Waals surface area contributed by atoms with E-state index in [2.05, 4.69) is 44.5 Å². The first-order chi connectivity index (χ1) is 16.8. The fourth-order valence-corrected chi connectivity index (χ4v) is 4.87. The summed E-state index contributed by atoms with van der Waals surface area (Å²) < 4.78 is 14.0. The Morgan fingerprint density at radius 3 is 2.57 bits per heavy atom.